The summed E-state index contributed by atoms with van der Waals surface area (Å²) in [6.07, 6.45) is 1.47. The summed E-state index contributed by atoms with van der Waals surface area (Å²) in [6, 6.07) is 7.41. The Bertz CT molecular complexity index is 487. The van der Waals surface area contributed by atoms with Crippen LogP contribution in [0.4, 0.5) is 0 Å². The van der Waals surface area contributed by atoms with Crippen molar-refractivity contribution in [3.05, 3.63) is 34.3 Å². The Labute approximate surface area is 120 Å². The predicted octanol–water partition coefficient (Wildman–Crippen LogP) is 1.67. The van der Waals surface area contributed by atoms with Crippen molar-refractivity contribution in [1.29, 1.82) is 0 Å². The summed E-state index contributed by atoms with van der Waals surface area (Å²) in [7, 11) is 0. The lowest BCUT2D eigenvalue weighted by Crippen LogP contribution is -2.39. The van der Waals surface area contributed by atoms with Crippen molar-refractivity contribution in [3.8, 4) is 0 Å². The molecular weight excluding hydrogens is 310 g/mol. The second-order valence-electron chi connectivity index (χ2n) is 4.36. The second kappa shape index (κ2) is 7.68. The number of halogens is 1. The van der Waals surface area contributed by atoms with Crippen LogP contribution in [0.3, 0.4) is 0 Å². The van der Waals surface area contributed by atoms with E-state index in [1.165, 1.54) is 6.21 Å². The number of rotatable bonds is 4. The normalized spacial score (nSPS) is 10.7. The van der Waals surface area contributed by atoms with Crippen LogP contribution in [0.25, 0.3) is 0 Å². The van der Waals surface area contributed by atoms with Gasteiger partial charge in [0.15, 0.2) is 0 Å². The van der Waals surface area contributed by atoms with Gasteiger partial charge in [-0.1, -0.05) is 41.9 Å². The molecule has 0 aromatic heterocycles. The van der Waals surface area contributed by atoms with E-state index in [0.717, 1.165) is 10.0 Å². The van der Waals surface area contributed by atoms with E-state index in [1.54, 1.807) is 0 Å². The van der Waals surface area contributed by atoms with Gasteiger partial charge in [0.25, 0.3) is 0 Å². The predicted molar refractivity (Wildman–Crippen MR) is 77.7 cm³/mol. The molecule has 0 heterocycles. The Kier molecular flexibility index (Phi) is 6.21. The molecular formula is C13H16BrN3O2. The minimum Gasteiger partial charge on any atom is -0.348 e. The van der Waals surface area contributed by atoms with Gasteiger partial charge >= 0.3 is 11.8 Å². The minimum atomic E-state index is -0.771. The van der Waals surface area contributed by atoms with E-state index in [-0.39, 0.29) is 0 Å². The summed E-state index contributed by atoms with van der Waals surface area (Å²) < 4.78 is 0.914. The van der Waals surface area contributed by atoms with E-state index in [0.29, 0.717) is 12.5 Å². The van der Waals surface area contributed by atoms with Crippen LogP contribution in [-0.4, -0.2) is 24.6 Å². The molecule has 0 saturated heterocycles. The molecule has 0 spiro atoms. The number of nitrogens with zero attached hydrogens (tertiary/aromatic N) is 1. The van der Waals surface area contributed by atoms with E-state index in [9.17, 15) is 9.59 Å². The molecule has 0 aliphatic carbocycles. The average molecular weight is 326 g/mol. The molecule has 102 valence electrons. The molecule has 1 aromatic carbocycles. The largest absolute Gasteiger partial charge is 0.348 e. The lowest BCUT2D eigenvalue weighted by atomic mass is 10.2. The number of hydrogen-bond donors (Lipinski definition) is 2. The van der Waals surface area contributed by atoms with Gasteiger partial charge in [0.05, 0.1) is 6.21 Å². The second-order valence-corrected chi connectivity index (χ2v) is 5.27. The van der Waals surface area contributed by atoms with E-state index in [2.05, 4.69) is 31.8 Å². The van der Waals surface area contributed by atoms with Crippen molar-refractivity contribution in [3.63, 3.8) is 0 Å². The fourth-order valence-electron chi connectivity index (χ4n) is 1.18. The molecule has 0 bridgehead atoms. The van der Waals surface area contributed by atoms with Crippen LogP contribution in [0.2, 0.25) is 0 Å². The first kappa shape index (κ1) is 15.4. The number of carbonyl (C=O) groups excluding carboxylic acids is 2. The molecule has 0 atom stereocenters. The van der Waals surface area contributed by atoms with Crippen LogP contribution in [0.5, 0.6) is 0 Å². The number of hydrazone groups is 1. The van der Waals surface area contributed by atoms with Gasteiger partial charge in [-0.15, -0.1) is 0 Å². The fraction of sp³-hybridized carbons (Fsp3) is 0.308. The average Bonchev–Trinajstić information content (AvgIpc) is 2.35. The van der Waals surface area contributed by atoms with E-state index >= 15 is 0 Å². The minimum absolute atomic E-state index is 0.293. The first-order valence-corrected chi connectivity index (χ1v) is 6.65. The number of carbonyl (C=O) groups is 2. The van der Waals surface area contributed by atoms with Crippen molar-refractivity contribution in [2.75, 3.05) is 6.54 Å². The van der Waals surface area contributed by atoms with Crippen LogP contribution in [0.1, 0.15) is 19.4 Å². The first-order valence-electron chi connectivity index (χ1n) is 5.86. The Balaban J connectivity index is 2.43. The Morgan fingerprint density at radius 1 is 1.37 bits per heavy atom. The maximum Gasteiger partial charge on any atom is 0.329 e. The van der Waals surface area contributed by atoms with Crippen LogP contribution < -0.4 is 10.7 Å². The summed E-state index contributed by atoms with van der Waals surface area (Å²) in [5.41, 5.74) is 2.99. The van der Waals surface area contributed by atoms with E-state index in [4.69, 9.17) is 0 Å². The lowest BCUT2D eigenvalue weighted by Gasteiger charge is -2.05. The van der Waals surface area contributed by atoms with Crippen LogP contribution >= 0.6 is 15.9 Å². The molecule has 0 aliphatic heterocycles. The smallest absolute Gasteiger partial charge is 0.329 e. The van der Waals surface area contributed by atoms with Gasteiger partial charge in [-0.3, -0.25) is 9.59 Å². The van der Waals surface area contributed by atoms with Gasteiger partial charge in [0.2, 0.25) is 0 Å². The zero-order valence-electron chi connectivity index (χ0n) is 10.8. The number of benzene rings is 1. The molecule has 5 nitrogen and oxygen atoms in total. The third kappa shape index (κ3) is 6.15. The molecule has 0 radical (unpaired) electrons. The summed E-state index contributed by atoms with van der Waals surface area (Å²) >= 11 is 3.33. The zero-order valence-corrected chi connectivity index (χ0v) is 12.4. The summed E-state index contributed by atoms with van der Waals surface area (Å²) in [4.78, 5) is 22.7. The standard InChI is InChI=1S/C13H16BrN3O2/c1-9(2)7-15-12(18)13(19)17-16-8-10-4-3-5-11(14)6-10/h3-6,8-9H,7H2,1-2H3,(H,15,18)(H,17,19). The molecule has 2 amide bonds. The summed E-state index contributed by atoms with van der Waals surface area (Å²) in [6.45, 7) is 4.36. The van der Waals surface area contributed by atoms with Gasteiger partial charge in [-0.2, -0.15) is 5.10 Å². The molecule has 0 saturated carbocycles. The van der Waals surface area contributed by atoms with Crippen molar-refractivity contribution >= 4 is 34.0 Å². The fourth-order valence-corrected chi connectivity index (χ4v) is 1.60. The van der Waals surface area contributed by atoms with Gasteiger partial charge < -0.3 is 5.32 Å². The monoisotopic (exact) mass is 325 g/mol. The van der Waals surface area contributed by atoms with Crippen LogP contribution in [0.15, 0.2) is 33.8 Å². The van der Waals surface area contributed by atoms with Crippen molar-refractivity contribution < 1.29 is 9.59 Å². The summed E-state index contributed by atoms with van der Waals surface area (Å²) in [5.74, 6) is -1.16. The summed E-state index contributed by atoms with van der Waals surface area (Å²) in [5, 5.41) is 6.23. The molecule has 0 fully saturated rings. The molecule has 1 rings (SSSR count). The van der Waals surface area contributed by atoms with Crippen molar-refractivity contribution in [1.82, 2.24) is 10.7 Å². The number of amides is 2. The van der Waals surface area contributed by atoms with E-state index < -0.39 is 11.8 Å². The number of nitrogens with one attached hydrogen (secondary N) is 2. The van der Waals surface area contributed by atoms with Crippen LogP contribution in [-0.2, 0) is 9.59 Å². The van der Waals surface area contributed by atoms with E-state index in [1.807, 2.05) is 38.1 Å². The SMILES string of the molecule is CC(C)CNC(=O)C(=O)NN=Cc1cccc(Br)c1. The van der Waals surface area contributed by atoms with Gasteiger partial charge in [-0.05, 0) is 23.6 Å². The molecule has 0 aliphatic rings. The maximum absolute atomic E-state index is 11.4. The van der Waals surface area contributed by atoms with Gasteiger partial charge in [-0.25, -0.2) is 5.43 Å². The van der Waals surface area contributed by atoms with Gasteiger partial charge in [0.1, 0.15) is 0 Å². The molecule has 19 heavy (non-hydrogen) atoms. The molecule has 2 N–H and O–H groups in total. The quantitative estimate of drug-likeness (QED) is 0.502. The third-order valence-corrected chi connectivity index (χ3v) is 2.60. The van der Waals surface area contributed by atoms with Crippen LogP contribution in [0, 0.1) is 5.92 Å². The highest BCUT2D eigenvalue weighted by molar-refractivity contribution is 9.10. The van der Waals surface area contributed by atoms with Crippen molar-refractivity contribution in [2.24, 2.45) is 11.0 Å². The van der Waals surface area contributed by atoms with Gasteiger partial charge in [0, 0.05) is 11.0 Å². The Morgan fingerprint density at radius 3 is 2.74 bits per heavy atom. The Morgan fingerprint density at radius 2 is 2.11 bits per heavy atom. The zero-order chi connectivity index (χ0) is 14.3. The highest BCUT2D eigenvalue weighted by atomic mass is 79.9. The number of hydrogen-bond acceptors (Lipinski definition) is 3. The van der Waals surface area contributed by atoms with Crippen molar-refractivity contribution in [2.45, 2.75) is 13.8 Å². The first-order chi connectivity index (χ1) is 8.99. The Hall–Kier alpha value is -1.69. The molecule has 1 aromatic rings. The third-order valence-electron chi connectivity index (χ3n) is 2.11. The molecule has 6 heteroatoms. The molecule has 0 unspecified atom stereocenters. The topological polar surface area (TPSA) is 70.6 Å². The lowest BCUT2D eigenvalue weighted by molar-refractivity contribution is -0.139. The maximum atomic E-state index is 11.4. The highest BCUT2D eigenvalue weighted by Crippen LogP contribution is 2.09. The highest BCUT2D eigenvalue weighted by Gasteiger charge is 2.11.